The molecule has 4 heteroatoms. The van der Waals surface area contributed by atoms with Crippen molar-refractivity contribution in [1.29, 1.82) is 0 Å². The van der Waals surface area contributed by atoms with E-state index in [0.717, 1.165) is 0 Å². The molecule has 2 nitrogen and oxygen atoms in total. The molecule has 0 amide bonds. The monoisotopic (exact) mass is 135 g/mol. The van der Waals surface area contributed by atoms with Crippen molar-refractivity contribution < 1.29 is 4.84 Å². The summed E-state index contributed by atoms with van der Waals surface area (Å²) in [6.45, 7) is 0. The average Bonchev–Trinajstić information content (AvgIpc) is 2.14. The molecule has 2 N–H and O–H groups in total. The van der Waals surface area contributed by atoms with E-state index in [-0.39, 0.29) is 4.77 Å². The van der Waals surface area contributed by atoms with Crippen molar-refractivity contribution >= 4 is 23.5 Å². The first-order chi connectivity index (χ1) is 3.43. The average molecular weight is 135 g/mol. The zero-order chi connectivity index (χ0) is 5.11. The predicted octanol–water partition coefficient (Wildman–Crippen LogP) is 1.11. The second-order valence-corrected chi connectivity index (χ2v) is 3.21. The third kappa shape index (κ3) is 1.38. The van der Waals surface area contributed by atoms with E-state index in [0.29, 0.717) is 0 Å². The Morgan fingerprint density at radius 2 is 2.00 bits per heavy atom. The van der Waals surface area contributed by atoms with Crippen molar-refractivity contribution in [3.05, 3.63) is 10.8 Å². The van der Waals surface area contributed by atoms with Crippen LogP contribution in [0, 0.1) is 0 Å². The topological polar surface area (TPSA) is 35.2 Å². The minimum Gasteiger partial charge on any atom is -0.279 e. The van der Waals surface area contributed by atoms with Gasteiger partial charge in [-0.2, -0.15) is 0 Å². The molecule has 0 fully saturated rings. The highest BCUT2D eigenvalue weighted by atomic mass is 32.2. The van der Waals surface area contributed by atoms with Gasteiger partial charge >= 0.3 is 0 Å². The van der Waals surface area contributed by atoms with Crippen LogP contribution in [0.1, 0.15) is 0 Å². The highest BCUT2D eigenvalue weighted by Gasteiger charge is 2.08. The zero-order valence-corrected chi connectivity index (χ0v) is 5.17. The number of nitrogens with two attached hydrogens (primary N) is 1. The summed E-state index contributed by atoms with van der Waals surface area (Å²) in [6.07, 6.45) is 0. The van der Waals surface area contributed by atoms with Crippen LogP contribution in [-0.2, 0) is 4.84 Å². The molecule has 0 saturated heterocycles. The zero-order valence-electron chi connectivity index (χ0n) is 3.53. The van der Waals surface area contributed by atoms with Crippen molar-refractivity contribution in [3.63, 3.8) is 0 Å². The fourth-order valence-electron chi connectivity index (χ4n) is 0.289. The van der Waals surface area contributed by atoms with E-state index in [9.17, 15) is 0 Å². The second-order valence-electron chi connectivity index (χ2n) is 0.969. The summed E-state index contributed by atoms with van der Waals surface area (Å²) in [5.41, 5.74) is 0. The lowest BCUT2D eigenvalue weighted by Gasteiger charge is -1.99. The van der Waals surface area contributed by atoms with Gasteiger partial charge in [-0.25, -0.2) is 5.90 Å². The Kier molecular flexibility index (Phi) is 2.05. The SMILES string of the molecule is NOC1SC=CS1. The summed E-state index contributed by atoms with van der Waals surface area (Å²) >= 11 is 3.16. The fourth-order valence-corrected chi connectivity index (χ4v) is 1.83. The molecule has 0 unspecified atom stereocenters. The molecule has 0 atom stereocenters. The van der Waals surface area contributed by atoms with Gasteiger partial charge in [0.05, 0.1) is 0 Å². The third-order valence-electron chi connectivity index (χ3n) is 0.546. The molecule has 0 radical (unpaired) electrons. The lowest BCUT2D eigenvalue weighted by molar-refractivity contribution is 0.170. The van der Waals surface area contributed by atoms with Crippen LogP contribution in [-0.4, -0.2) is 4.77 Å². The predicted molar refractivity (Wildman–Crippen MR) is 33.4 cm³/mol. The van der Waals surface area contributed by atoms with Crippen molar-refractivity contribution in [2.45, 2.75) is 4.77 Å². The first kappa shape index (κ1) is 5.50. The van der Waals surface area contributed by atoms with Crippen LogP contribution in [0.4, 0.5) is 0 Å². The normalized spacial score (nSPS) is 21.3. The van der Waals surface area contributed by atoms with Crippen LogP contribution < -0.4 is 5.90 Å². The van der Waals surface area contributed by atoms with Gasteiger partial charge in [-0.05, 0) is 10.8 Å². The quantitative estimate of drug-likeness (QED) is 0.546. The summed E-state index contributed by atoms with van der Waals surface area (Å²) in [6, 6.07) is 0. The molecule has 0 aromatic heterocycles. The second kappa shape index (κ2) is 2.61. The van der Waals surface area contributed by atoms with Crippen LogP contribution in [0.2, 0.25) is 0 Å². The minimum absolute atomic E-state index is 0.0972. The van der Waals surface area contributed by atoms with Gasteiger partial charge in [0.15, 0.2) is 4.77 Å². The van der Waals surface area contributed by atoms with Gasteiger partial charge in [-0.15, -0.1) is 0 Å². The summed E-state index contributed by atoms with van der Waals surface area (Å²) < 4.78 is 0.0972. The van der Waals surface area contributed by atoms with Crippen molar-refractivity contribution in [2.24, 2.45) is 5.90 Å². The Bertz CT molecular complexity index is 77.0. The molecule has 7 heavy (non-hydrogen) atoms. The number of rotatable bonds is 1. The van der Waals surface area contributed by atoms with Crippen LogP contribution >= 0.6 is 23.5 Å². The fraction of sp³-hybridized carbons (Fsp3) is 0.333. The van der Waals surface area contributed by atoms with Crippen molar-refractivity contribution in [3.8, 4) is 0 Å². The maximum atomic E-state index is 4.85. The maximum Gasteiger partial charge on any atom is 0.178 e. The van der Waals surface area contributed by atoms with E-state index in [1.807, 2.05) is 10.8 Å². The lowest BCUT2D eigenvalue weighted by Crippen LogP contribution is -2.05. The first-order valence-electron chi connectivity index (χ1n) is 1.75. The Morgan fingerprint density at radius 3 is 2.29 bits per heavy atom. The Labute approximate surface area is 50.4 Å². The van der Waals surface area contributed by atoms with Crippen LogP contribution in [0.5, 0.6) is 0 Å². The molecule has 0 aromatic carbocycles. The maximum absolute atomic E-state index is 4.85. The molecule has 40 valence electrons. The summed E-state index contributed by atoms with van der Waals surface area (Å²) in [5, 5.41) is 3.92. The minimum atomic E-state index is 0.0972. The standard InChI is InChI=1S/C3H5NOS2/c4-5-3-6-1-2-7-3/h1-3H,4H2. The highest BCUT2D eigenvalue weighted by molar-refractivity contribution is 8.22. The van der Waals surface area contributed by atoms with Gasteiger partial charge in [0.25, 0.3) is 0 Å². The van der Waals surface area contributed by atoms with E-state index in [4.69, 9.17) is 5.90 Å². The molecule has 0 spiro atoms. The molecule has 1 aliphatic heterocycles. The number of thioether (sulfide) groups is 2. The van der Waals surface area contributed by atoms with Gasteiger partial charge in [0.1, 0.15) is 0 Å². The summed E-state index contributed by atoms with van der Waals surface area (Å²) in [4.78, 5) is 4.47. The third-order valence-corrected chi connectivity index (χ3v) is 2.64. The van der Waals surface area contributed by atoms with Crippen LogP contribution in [0.3, 0.4) is 0 Å². The van der Waals surface area contributed by atoms with Gasteiger partial charge in [-0.3, -0.25) is 4.84 Å². The van der Waals surface area contributed by atoms with Crippen LogP contribution in [0.25, 0.3) is 0 Å². The molecule has 0 aliphatic carbocycles. The van der Waals surface area contributed by atoms with Gasteiger partial charge < -0.3 is 0 Å². The Morgan fingerprint density at radius 1 is 1.43 bits per heavy atom. The first-order valence-corrected chi connectivity index (χ1v) is 3.63. The van der Waals surface area contributed by atoms with E-state index < -0.39 is 0 Å². The summed E-state index contributed by atoms with van der Waals surface area (Å²) in [5.74, 6) is 4.85. The molecule has 0 bridgehead atoms. The number of hydrogen-bond donors (Lipinski definition) is 1. The molecule has 1 aliphatic rings. The van der Waals surface area contributed by atoms with E-state index in [2.05, 4.69) is 4.84 Å². The smallest absolute Gasteiger partial charge is 0.178 e. The Balaban J connectivity index is 2.22. The van der Waals surface area contributed by atoms with E-state index in [1.165, 1.54) is 0 Å². The van der Waals surface area contributed by atoms with Crippen molar-refractivity contribution in [2.75, 3.05) is 0 Å². The van der Waals surface area contributed by atoms with E-state index in [1.54, 1.807) is 23.5 Å². The molecular formula is C3H5NOS2. The van der Waals surface area contributed by atoms with Crippen LogP contribution in [0.15, 0.2) is 10.8 Å². The molecule has 0 aromatic rings. The molecular weight excluding hydrogens is 130 g/mol. The largest absolute Gasteiger partial charge is 0.279 e. The summed E-state index contributed by atoms with van der Waals surface area (Å²) in [7, 11) is 0. The number of hydrogen-bond acceptors (Lipinski definition) is 4. The van der Waals surface area contributed by atoms with Gasteiger partial charge in [-0.1, -0.05) is 23.5 Å². The molecule has 0 saturated carbocycles. The van der Waals surface area contributed by atoms with E-state index >= 15 is 0 Å². The van der Waals surface area contributed by atoms with Crippen molar-refractivity contribution in [1.82, 2.24) is 0 Å². The molecule has 1 heterocycles. The lowest BCUT2D eigenvalue weighted by atomic mass is 11.3. The Hall–Kier alpha value is 0.360. The van der Waals surface area contributed by atoms with Gasteiger partial charge in [0, 0.05) is 0 Å². The highest BCUT2D eigenvalue weighted by Crippen LogP contribution is 2.32. The van der Waals surface area contributed by atoms with Gasteiger partial charge in [0.2, 0.25) is 0 Å². The molecule has 1 rings (SSSR count).